The van der Waals surface area contributed by atoms with Crippen LogP contribution in [0, 0.1) is 5.41 Å². The predicted molar refractivity (Wildman–Crippen MR) is 92.6 cm³/mol. The molecule has 2 fully saturated rings. The topological polar surface area (TPSA) is 76.4 Å². The number of aromatic nitrogens is 4. The number of ether oxygens (including phenoxy) is 1. The molecule has 0 aliphatic carbocycles. The van der Waals surface area contributed by atoms with Crippen molar-refractivity contribution in [2.75, 3.05) is 36.5 Å². The molecule has 1 amide bonds. The summed E-state index contributed by atoms with van der Waals surface area (Å²) in [4.78, 5) is 25.5. The molecule has 8 nitrogen and oxygen atoms in total. The highest BCUT2D eigenvalue weighted by molar-refractivity contribution is 5.99. The monoisotopic (exact) mass is 342 g/mol. The molecule has 4 rings (SSSR count). The van der Waals surface area contributed by atoms with Crippen molar-refractivity contribution in [3.05, 3.63) is 24.8 Å². The van der Waals surface area contributed by atoms with E-state index >= 15 is 0 Å². The number of amides is 1. The molecular formula is C17H22N6O2. The molecule has 2 aromatic heterocycles. The summed E-state index contributed by atoms with van der Waals surface area (Å²) in [6.07, 6.45) is 7.77. The summed E-state index contributed by atoms with van der Waals surface area (Å²) in [7, 11) is 3.47. The van der Waals surface area contributed by atoms with Gasteiger partial charge in [0, 0.05) is 38.9 Å². The SMILES string of the molecule is COc1cc(N2CCC3(CC2)CCN(c2cnn(C)c2)C3=O)ncn1. The van der Waals surface area contributed by atoms with E-state index in [0.29, 0.717) is 5.88 Å². The molecule has 0 unspecified atom stereocenters. The van der Waals surface area contributed by atoms with E-state index in [2.05, 4.69) is 20.0 Å². The Kier molecular flexibility index (Phi) is 3.82. The van der Waals surface area contributed by atoms with E-state index in [9.17, 15) is 4.79 Å². The minimum atomic E-state index is -0.247. The highest BCUT2D eigenvalue weighted by atomic mass is 16.5. The van der Waals surface area contributed by atoms with Crippen molar-refractivity contribution in [1.82, 2.24) is 19.7 Å². The van der Waals surface area contributed by atoms with Crippen LogP contribution in [-0.4, -0.2) is 52.4 Å². The van der Waals surface area contributed by atoms with Crippen LogP contribution >= 0.6 is 0 Å². The van der Waals surface area contributed by atoms with Gasteiger partial charge in [-0.1, -0.05) is 0 Å². The van der Waals surface area contributed by atoms with Crippen molar-refractivity contribution >= 4 is 17.4 Å². The van der Waals surface area contributed by atoms with Gasteiger partial charge in [0.1, 0.15) is 12.1 Å². The van der Waals surface area contributed by atoms with Crippen LogP contribution in [0.2, 0.25) is 0 Å². The molecule has 4 heterocycles. The summed E-state index contributed by atoms with van der Waals surface area (Å²) in [5.74, 6) is 1.65. The fourth-order valence-electron chi connectivity index (χ4n) is 3.86. The minimum absolute atomic E-state index is 0.236. The smallest absolute Gasteiger partial charge is 0.233 e. The molecule has 25 heavy (non-hydrogen) atoms. The van der Waals surface area contributed by atoms with Crippen LogP contribution in [0.4, 0.5) is 11.5 Å². The van der Waals surface area contributed by atoms with Crippen molar-refractivity contribution in [1.29, 1.82) is 0 Å². The molecular weight excluding hydrogens is 320 g/mol. The first kappa shape index (κ1) is 15.9. The summed E-state index contributed by atoms with van der Waals surface area (Å²) in [6.45, 7) is 2.39. The lowest BCUT2D eigenvalue weighted by molar-refractivity contribution is -0.126. The van der Waals surface area contributed by atoms with E-state index in [1.165, 1.54) is 6.33 Å². The van der Waals surface area contributed by atoms with Gasteiger partial charge >= 0.3 is 0 Å². The number of hydrogen-bond donors (Lipinski definition) is 0. The molecule has 1 spiro atoms. The lowest BCUT2D eigenvalue weighted by atomic mass is 9.77. The predicted octanol–water partition coefficient (Wildman–Crippen LogP) is 1.24. The fraction of sp³-hybridized carbons (Fsp3) is 0.529. The summed E-state index contributed by atoms with van der Waals surface area (Å²) in [5.41, 5.74) is 0.649. The molecule has 2 aliphatic rings. The quantitative estimate of drug-likeness (QED) is 0.835. The molecule has 0 radical (unpaired) electrons. The Morgan fingerprint density at radius 3 is 2.60 bits per heavy atom. The number of hydrogen-bond acceptors (Lipinski definition) is 6. The van der Waals surface area contributed by atoms with Gasteiger partial charge in [-0.2, -0.15) is 5.10 Å². The average molecular weight is 342 g/mol. The minimum Gasteiger partial charge on any atom is -0.481 e. The molecule has 132 valence electrons. The van der Waals surface area contributed by atoms with Crippen molar-refractivity contribution in [3.8, 4) is 5.88 Å². The number of piperidine rings is 1. The van der Waals surface area contributed by atoms with E-state index in [0.717, 1.165) is 50.4 Å². The fourth-order valence-corrected chi connectivity index (χ4v) is 3.86. The Morgan fingerprint density at radius 1 is 1.16 bits per heavy atom. The van der Waals surface area contributed by atoms with Gasteiger partial charge in [0.05, 0.1) is 24.4 Å². The Bertz CT molecular complexity index is 781. The molecule has 0 saturated carbocycles. The Labute approximate surface area is 146 Å². The van der Waals surface area contributed by atoms with E-state index in [-0.39, 0.29) is 11.3 Å². The number of anilines is 2. The highest BCUT2D eigenvalue weighted by Gasteiger charge is 2.48. The van der Waals surface area contributed by atoms with Crippen molar-refractivity contribution in [2.24, 2.45) is 12.5 Å². The molecule has 2 aliphatic heterocycles. The standard InChI is InChI=1S/C17H22N6O2/c1-21-11-13(10-20-21)23-8-5-17(16(23)24)3-6-22(7-4-17)14-9-15(25-2)19-12-18-14/h9-12H,3-8H2,1-2H3. The molecule has 2 aromatic rings. The van der Waals surface area contributed by atoms with Crippen molar-refractivity contribution < 1.29 is 9.53 Å². The van der Waals surface area contributed by atoms with Crippen LogP contribution < -0.4 is 14.5 Å². The van der Waals surface area contributed by atoms with E-state index in [1.807, 2.05) is 24.2 Å². The van der Waals surface area contributed by atoms with Gasteiger partial charge in [0.15, 0.2) is 0 Å². The number of carbonyl (C=O) groups is 1. The first-order valence-electron chi connectivity index (χ1n) is 8.53. The summed E-state index contributed by atoms with van der Waals surface area (Å²) in [5, 5.41) is 4.19. The summed E-state index contributed by atoms with van der Waals surface area (Å²) in [6, 6.07) is 1.84. The van der Waals surface area contributed by atoms with Crippen LogP contribution in [0.15, 0.2) is 24.8 Å². The normalized spacial score (nSPS) is 19.7. The van der Waals surface area contributed by atoms with Crippen LogP contribution in [0.1, 0.15) is 19.3 Å². The first-order chi connectivity index (χ1) is 12.1. The Hall–Kier alpha value is -2.64. The second-order valence-corrected chi connectivity index (χ2v) is 6.76. The number of rotatable bonds is 3. The van der Waals surface area contributed by atoms with Crippen LogP contribution in [-0.2, 0) is 11.8 Å². The number of carbonyl (C=O) groups excluding carboxylic acids is 1. The average Bonchev–Trinajstić information content (AvgIpc) is 3.20. The third kappa shape index (κ3) is 2.71. The summed E-state index contributed by atoms with van der Waals surface area (Å²) < 4.78 is 6.91. The lowest BCUT2D eigenvalue weighted by Gasteiger charge is -2.38. The van der Waals surface area contributed by atoms with Gasteiger partial charge in [0.2, 0.25) is 11.8 Å². The Morgan fingerprint density at radius 2 is 1.92 bits per heavy atom. The zero-order valence-corrected chi connectivity index (χ0v) is 14.6. The molecule has 8 heteroatoms. The third-order valence-corrected chi connectivity index (χ3v) is 5.40. The maximum Gasteiger partial charge on any atom is 0.233 e. The molecule has 0 bridgehead atoms. The van der Waals surface area contributed by atoms with E-state index in [4.69, 9.17) is 4.74 Å². The van der Waals surface area contributed by atoms with Crippen LogP contribution in [0.3, 0.4) is 0 Å². The summed E-state index contributed by atoms with van der Waals surface area (Å²) >= 11 is 0. The first-order valence-corrected chi connectivity index (χ1v) is 8.53. The molecule has 0 N–H and O–H groups in total. The number of nitrogens with zero attached hydrogens (tertiary/aromatic N) is 6. The van der Waals surface area contributed by atoms with Gasteiger partial charge in [0.25, 0.3) is 0 Å². The maximum absolute atomic E-state index is 13.1. The van der Waals surface area contributed by atoms with Crippen molar-refractivity contribution in [3.63, 3.8) is 0 Å². The second-order valence-electron chi connectivity index (χ2n) is 6.76. The van der Waals surface area contributed by atoms with Gasteiger partial charge < -0.3 is 14.5 Å². The van der Waals surface area contributed by atoms with E-state index in [1.54, 1.807) is 18.0 Å². The molecule has 2 saturated heterocycles. The lowest BCUT2D eigenvalue weighted by Crippen LogP contribution is -2.45. The zero-order chi connectivity index (χ0) is 17.4. The van der Waals surface area contributed by atoms with E-state index < -0.39 is 0 Å². The largest absolute Gasteiger partial charge is 0.481 e. The van der Waals surface area contributed by atoms with Gasteiger partial charge in [-0.25, -0.2) is 9.97 Å². The number of aryl methyl sites for hydroxylation is 1. The zero-order valence-electron chi connectivity index (χ0n) is 14.6. The van der Waals surface area contributed by atoms with Crippen molar-refractivity contribution in [2.45, 2.75) is 19.3 Å². The van der Waals surface area contributed by atoms with Gasteiger partial charge in [-0.15, -0.1) is 0 Å². The second kappa shape index (κ2) is 6.02. The third-order valence-electron chi connectivity index (χ3n) is 5.40. The molecule has 0 aromatic carbocycles. The Balaban J connectivity index is 1.47. The van der Waals surface area contributed by atoms with Crippen LogP contribution in [0.5, 0.6) is 5.88 Å². The van der Waals surface area contributed by atoms with Gasteiger partial charge in [-0.05, 0) is 19.3 Å². The van der Waals surface area contributed by atoms with Gasteiger partial charge in [-0.3, -0.25) is 9.48 Å². The molecule has 0 atom stereocenters. The maximum atomic E-state index is 13.1. The van der Waals surface area contributed by atoms with Crippen LogP contribution in [0.25, 0.3) is 0 Å². The number of methoxy groups -OCH3 is 1. The highest BCUT2D eigenvalue weighted by Crippen LogP contribution is 2.43.